The third-order valence-corrected chi connectivity index (χ3v) is 1.89. The van der Waals surface area contributed by atoms with Gasteiger partial charge in [-0.1, -0.05) is 6.07 Å². The normalized spacial score (nSPS) is 12.5. The number of aliphatic hydroxyl groups excluding tert-OH is 1. The number of aliphatic hydroxyl groups is 1. The quantitative estimate of drug-likeness (QED) is 0.664. The van der Waals surface area contributed by atoms with Gasteiger partial charge in [-0.05, 0) is 18.6 Å². The predicted molar refractivity (Wildman–Crippen MR) is 45.4 cm³/mol. The number of hydrogen-bond acceptors (Lipinski definition) is 3. The fraction of sp³-hybridized carbons (Fsp3) is 0.222. The molecule has 0 fully saturated rings. The first-order chi connectivity index (χ1) is 6.45. The first-order valence-electron chi connectivity index (χ1n) is 3.84. The topological polar surface area (TPSA) is 77.8 Å². The molecule has 1 aromatic rings. The lowest BCUT2D eigenvalue weighted by Crippen LogP contribution is -2.12. The Kier molecular flexibility index (Phi) is 2.71. The summed E-state index contributed by atoms with van der Waals surface area (Å²) in [5.41, 5.74) is 0.0105. The molecule has 0 radical (unpaired) electrons. The number of phenolic OH excluding ortho intramolecular Hbond substituents is 1. The van der Waals surface area contributed by atoms with Crippen molar-refractivity contribution in [3.8, 4) is 5.75 Å². The molecule has 0 aromatic heterocycles. The zero-order valence-corrected chi connectivity index (χ0v) is 7.36. The Morgan fingerprint density at radius 1 is 1.50 bits per heavy atom. The highest BCUT2D eigenvalue weighted by molar-refractivity contribution is 5.75. The Labute approximate surface area is 79.2 Å². The van der Waals surface area contributed by atoms with Gasteiger partial charge in [0.15, 0.2) is 17.7 Å². The summed E-state index contributed by atoms with van der Waals surface area (Å²) in [5.74, 6) is -3.31. The zero-order valence-electron chi connectivity index (χ0n) is 7.36. The van der Waals surface area contributed by atoms with Crippen LogP contribution >= 0.6 is 0 Å². The van der Waals surface area contributed by atoms with E-state index in [9.17, 15) is 14.3 Å². The summed E-state index contributed by atoms with van der Waals surface area (Å²) in [6, 6.07) is 2.29. The molecular weight excluding hydrogens is 191 g/mol. The van der Waals surface area contributed by atoms with Crippen LogP contribution in [-0.4, -0.2) is 21.3 Å². The minimum atomic E-state index is -1.91. The molecule has 0 heterocycles. The predicted octanol–water partition coefficient (Wildman–Crippen LogP) is 0.958. The van der Waals surface area contributed by atoms with Crippen LogP contribution in [0.3, 0.4) is 0 Å². The van der Waals surface area contributed by atoms with Crippen molar-refractivity contribution in [1.82, 2.24) is 0 Å². The zero-order chi connectivity index (χ0) is 10.9. The Morgan fingerprint density at radius 3 is 2.57 bits per heavy atom. The van der Waals surface area contributed by atoms with E-state index in [-0.39, 0.29) is 5.56 Å². The van der Waals surface area contributed by atoms with E-state index in [1.54, 1.807) is 0 Å². The van der Waals surface area contributed by atoms with Crippen molar-refractivity contribution in [3.05, 3.63) is 29.1 Å². The standard InChI is InChI=1S/C9H9FO4/c1-4-2-3-5(10)7(11)6(4)8(12)9(13)14/h2-3,8,11-12H,1H3,(H,13,14). The van der Waals surface area contributed by atoms with E-state index in [4.69, 9.17) is 10.2 Å². The molecule has 76 valence electrons. The molecule has 0 saturated heterocycles. The average molecular weight is 200 g/mol. The molecule has 4 nitrogen and oxygen atoms in total. The summed E-state index contributed by atoms with van der Waals surface area (Å²) in [7, 11) is 0. The molecule has 0 aliphatic rings. The maximum atomic E-state index is 12.8. The van der Waals surface area contributed by atoms with Crippen LogP contribution in [0.15, 0.2) is 12.1 Å². The SMILES string of the molecule is Cc1ccc(F)c(O)c1C(O)C(=O)O. The summed E-state index contributed by atoms with van der Waals surface area (Å²) in [6.07, 6.45) is -1.91. The summed E-state index contributed by atoms with van der Waals surface area (Å²) in [5, 5.41) is 26.8. The lowest BCUT2D eigenvalue weighted by atomic mass is 10.0. The third-order valence-electron chi connectivity index (χ3n) is 1.89. The molecule has 1 aromatic carbocycles. The number of benzene rings is 1. The van der Waals surface area contributed by atoms with Crippen LogP contribution in [0.25, 0.3) is 0 Å². The van der Waals surface area contributed by atoms with Gasteiger partial charge in [-0.25, -0.2) is 9.18 Å². The number of hydrogen-bond donors (Lipinski definition) is 3. The number of phenols is 1. The highest BCUT2D eigenvalue weighted by atomic mass is 19.1. The van der Waals surface area contributed by atoms with Crippen LogP contribution in [0.4, 0.5) is 4.39 Å². The second-order valence-electron chi connectivity index (χ2n) is 2.87. The third kappa shape index (κ3) is 1.67. The molecule has 5 heteroatoms. The molecule has 0 saturated carbocycles. The van der Waals surface area contributed by atoms with Gasteiger partial charge in [0.2, 0.25) is 0 Å². The Bertz CT molecular complexity index is 375. The molecule has 0 amide bonds. The molecular formula is C9H9FO4. The number of aliphatic carboxylic acids is 1. The van der Waals surface area contributed by atoms with Gasteiger partial charge >= 0.3 is 5.97 Å². The van der Waals surface area contributed by atoms with Crippen molar-refractivity contribution < 1.29 is 24.5 Å². The Morgan fingerprint density at radius 2 is 2.07 bits per heavy atom. The van der Waals surface area contributed by atoms with Gasteiger partial charge in [0, 0.05) is 5.56 Å². The highest BCUT2D eigenvalue weighted by Crippen LogP contribution is 2.30. The van der Waals surface area contributed by atoms with Crippen LogP contribution in [0.5, 0.6) is 5.75 Å². The minimum Gasteiger partial charge on any atom is -0.505 e. The molecule has 3 N–H and O–H groups in total. The molecule has 0 bridgehead atoms. The van der Waals surface area contributed by atoms with E-state index in [2.05, 4.69) is 0 Å². The van der Waals surface area contributed by atoms with Crippen molar-refractivity contribution >= 4 is 5.97 Å². The number of rotatable bonds is 2. The van der Waals surface area contributed by atoms with Gasteiger partial charge in [0.05, 0.1) is 0 Å². The maximum absolute atomic E-state index is 12.8. The Balaban J connectivity index is 3.32. The summed E-state index contributed by atoms with van der Waals surface area (Å²) >= 11 is 0. The van der Waals surface area contributed by atoms with Gasteiger partial charge in [0.1, 0.15) is 0 Å². The van der Waals surface area contributed by atoms with Crippen molar-refractivity contribution in [1.29, 1.82) is 0 Å². The van der Waals surface area contributed by atoms with E-state index in [1.807, 2.05) is 0 Å². The molecule has 1 rings (SSSR count). The van der Waals surface area contributed by atoms with E-state index in [1.165, 1.54) is 13.0 Å². The average Bonchev–Trinajstić information content (AvgIpc) is 2.12. The number of halogens is 1. The number of aryl methyl sites for hydroxylation is 1. The largest absolute Gasteiger partial charge is 0.505 e. The monoisotopic (exact) mass is 200 g/mol. The van der Waals surface area contributed by atoms with Crippen LogP contribution < -0.4 is 0 Å². The summed E-state index contributed by atoms with van der Waals surface area (Å²) in [4.78, 5) is 10.4. The fourth-order valence-corrected chi connectivity index (χ4v) is 1.15. The fourth-order valence-electron chi connectivity index (χ4n) is 1.15. The van der Waals surface area contributed by atoms with Crippen LogP contribution in [-0.2, 0) is 4.79 Å². The molecule has 0 aliphatic carbocycles. The van der Waals surface area contributed by atoms with Crippen LogP contribution in [0.2, 0.25) is 0 Å². The molecule has 0 spiro atoms. The number of aromatic hydroxyl groups is 1. The summed E-state index contributed by atoms with van der Waals surface area (Å²) < 4.78 is 12.8. The second kappa shape index (κ2) is 3.63. The Hall–Kier alpha value is -1.62. The first-order valence-corrected chi connectivity index (χ1v) is 3.84. The lowest BCUT2D eigenvalue weighted by Gasteiger charge is -2.11. The number of carboxylic acid groups (broad SMARTS) is 1. The number of carboxylic acids is 1. The first kappa shape index (κ1) is 10.5. The van der Waals surface area contributed by atoms with Crippen molar-refractivity contribution in [2.75, 3.05) is 0 Å². The van der Waals surface area contributed by atoms with E-state index < -0.39 is 23.6 Å². The molecule has 0 aliphatic heterocycles. The van der Waals surface area contributed by atoms with E-state index >= 15 is 0 Å². The van der Waals surface area contributed by atoms with Crippen LogP contribution in [0.1, 0.15) is 17.2 Å². The summed E-state index contributed by atoms with van der Waals surface area (Å²) in [6.45, 7) is 1.47. The van der Waals surface area contributed by atoms with E-state index in [0.717, 1.165) is 6.07 Å². The number of carbonyl (C=O) groups is 1. The molecule has 1 atom stereocenters. The van der Waals surface area contributed by atoms with Gasteiger partial charge in [-0.3, -0.25) is 0 Å². The highest BCUT2D eigenvalue weighted by Gasteiger charge is 2.23. The molecule has 1 unspecified atom stereocenters. The second-order valence-corrected chi connectivity index (χ2v) is 2.87. The minimum absolute atomic E-state index is 0.308. The van der Waals surface area contributed by atoms with Gasteiger partial charge in [-0.15, -0.1) is 0 Å². The van der Waals surface area contributed by atoms with Gasteiger partial charge < -0.3 is 15.3 Å². The smallest absolute Gasteiger partial charge is 0.337 e. The van der Waals surface area contributed by atoms with Crippen molar-refractivity contribution in [2.45, 2.75) is 13.0 Å². The molecule has 14 heavy (non-hydrogen) atoms. The maximum Gasteiger partial charge on any atom is 0.337 e. The van der Waals surface area contributed by atoms with E-state index in [0.29, 0.717) is 5.56 Å². The van der Waals surface area contributed by atoms with Gasteiger partial charge in [-0.2, -0.15) is 0 Å². The van der Waals surface area contributed by atoms with Gasteiger partial charge in [0.25, 0.3) is 0 Å². The van der Waals surface area contributed by atoms with Crippen molar-refractivity contribution in [2.24, 2.45) is 0 Å². The lowest BCUT2D eigenvalue weighted by molar-refractivity contribution is -0.147. The van der Waals surface area contributed by atoms with Crippen molar-refractivity contribution in [3.63, 3.8) is 0 Å². The van der Waals surface area contributed by atoms with Crippen LogP contribution in [0, 0.1) is 12.7 Å².